The van der Waals surface area contributed by atoms with Gasteiger partial charge in [-0.25, -0.2) is 0 Å². The van der Waals surface area contributed by atoms with Gasteiger partial charge in [0.25, 0.3) is 0 Å². The summed E-state index contributed by atoms with van der Waals surface area (Å²) in [5.74, 6) is -1.32. The number of hydrogen-bond donors (Lipinski definition) is 1. The summed E-state index contributed by atoms with van der Waals surface area (Å²) in [7, 11) is 0. The van der Waals surface area contributed by atoms with Crippen molar-refractivity contribution in [1.29, 1.82) is 0 Å². The molecule has 1 saturated heterocycles. The second kappa shape index (κ2) is 12.8. The van der Waals surface area contributed by atoms with Crippen LogP contribution >= 0.6 is 0 Å². The quantitative estimate of drug-likeness (QED) is 0.309. The predicted octanol–water partition coefficient (Wildman–Crippen LogP) is 6.42. The molecule has 0 spiro atoms. The lowest BCUT2D eigenvalue weighted by molar-refractivity contribution is -0.138. The smallest absolute Gasteiger partial charge is 0.310 e. The molecule has 1 N–H and O–H groups in total. The van der Waals surface area contributed by atoms with E-state index in [4.69, 9.17) is 4.74 Å². The zero-order valence-electron chi connectivity index (χ0n) is 21.8. The number of ketones is 1. The number of Topliss-reactive ketones (excluding diaryl/α,β-unsaturated/α-hetero) is 1. The van der Waals surface area contributed by atoms with Crippen LogP contribution in [0.25, 0.3) is 0 Å². The number of carboxylic acids is 1. The molecule has 1 atom stereocenters. The maximum absolute atomic E-state index is 12.7. The predicted molar refractivity (Wildman–Crippen MR) is 146 cm³/mol. The number of carboxylic acid groups (broad SMARTS) is 1. The van der Waals surface area contributed by atoms with Crippen molar-refractivity contribution in [3.8, 4) is 0 Å². The molecule has 4 rings (SSSR count). The molecule has 37 heavy (non-hydrogen) atoms. The third-order valence-corrected chi connectivity index (χ3v) is 7.37. The number of hydrogen-bond acceptors (Lipinski definition) is 4. The summed E-state index contributed by atoms with van der Waals surface area (Å²) < 4.78 is 6.65. The number of likely N-dealkylation sites (tertiary alicyclic amines) is 1. The molecule has 5 nitrogen and oxygen atoms in total. The third-order valence-electron chi connectivity index (χ3n) is 7.37. The molecule has 0 amide bonds. The highest BCUT2D eigenvalue weighted by Crippen LogP contribution is 2.30. The molecular formula is C32H37NO4. The Balaban J connectivity index is 1.25. The van der Waals surface area contributed by atoms with Crippen molar-refractivity contribution in [2.75, 3.05) is 19.6 Å². The topological polar surface area (TPSA) is 66.8 Å². The molecular weight excluding hydrogens is 462 g/mol. The monoisotopic (exact) mass is 499 g/mol. The highest BCUT2D eigenvalue weighted by atomic mass is 16.5. The second-order valence-electron chi connectivity index (χ2n) is 10.0. The number of benzene rings is 3. The highest BCUT2D eigenvalue weighted by molar-refractivity contribution is 5.96. The number of rotatable bonds is 11. The Bertz CT molecular complexity index is 1130. The number of nitrogens with zero attached hydrogens (tertiary/aromatic N) is 1. The lowest BCUT2D eigenvalue weighted by Gasteiger charge is -2.34. The molecule has 0 bridgehead atoms. The van der Waals surface area contributed by atoms with Crippen LogP contribution in [0.2, 0.25) is 0 Å². The number of aliphatic carboxylic acids is 1. The van der Waals surface area contributed by atoms with E-state index in [9.17, 15) is 14.7 Å². The second-order valence-corrected chi connectivity index (χ2v) is 10.0. The number of ether oxygens (including phenoxy) is 1. The molecule has 0 aliphatic carbocycles. The highest BCUT2D eigenvalue weighted by Gasteiger charge is 2.25. The first-order valence-electron chi connectivity index (χ1n) is 13.3. The lowest BCUT2D eigenvalue weighted by atomic mass is 9.93. The van der Waals surface area contributed by atoms with Gasteiger partial charge in [0.15, 0.2) is 5.78 Å². The zero-order valence-corrected chi connectivity index (χ0v) is 21.8. The van der Waals surface area contributed by atoms with Crippen LogP contribution < -0.4 is 0 Å². The summed E-state index contributed by atoms with van der Waals surface area (Å²) in [6.07, 6.45) is 3.41. The minimum absolute atomic E-state index is 0.0649. The Morgan fingerprint density at radius 2 is 1.54 bits per heavy atom. The molecule has 194 valence electrons. The van der Waals surface area contributed by atoms with Crippen molar-refractivity contribution in [3.05, 3.63) is 107 Å². The van der Waals surface area contributed by atoms with E-state index in [2.05, 4.69) is 53.4 Å². The third kappa shape index (κ3) is 7.15. The van der Waals surface area contributed by atoms with Gasteiger partial charge in [-0.1, -0.05) is 72.8 Å². The van der Waals surface area contributed by atoms with Gasteiger partial charge in [0, 0.05) is 25.1 Å². The molecule has 0 saturated carbocycles. The van der Waals surface area contributed by atoms with Crippen LogP contribution in [0.15, 0.2) is 78.9 Å². The van der Waals surface area contributed by atoms with Crippen LogP contribution in [-0.2, 0) is 9.53 Å². The Hall–Kier alpha value is -3.28. The van der Waals surface area contributed by atoms with Gasteiger partial charge in [-0.15, -0.1) is 0 Å². The van der Waals surface area contributed by atoms with Gasteiger partial charge >= 0.3 is 5.97 Å². The zero-order chi connectivity index (χ0) is 26.2. The fraction of sp³-hybridized carbons (Fsp3) is 0.375. The van der Waals surface area contributed by atoms with Crippen LogP contribution in [0, 0.1) is 6.92 Å². The minimum atomic E-state index is -0.855. The molecule has 1 heterocycles. The fourth-order valence-electron chi connectivity index (χ4n) is 5.14. The van der Waals surface area contributed by atoms with Crippen LogP contribution in [0.5, 0.6) is 0 Å². The van der Waals surface area contributed by atoms with Crippen molar-refractivity contribution in [2.45, 2.75) is 57.7 Å². The summed E-state index contributed by atoms with van der Waals surface area (Å²) in [6, 6.07) is 26.2. The average molecular weight is 500 g/mol. The summed E-state index contributed by atoms with van der Waals surface area (Å²) in [4.78, 5) is 26.5. The molecule has 0 aromatic heterocycles. The summed E-state index contributed by atoms with van der Waals surface area (Å²) in [5.41, 5.74) is 4.63. The van der Waals surface area contributed by atoms with Crippen molar-refractivity contribution in [1.82, 2.24) is 4.90 Å². The van der Waals surface area contributed by atoms with Crippen molar-refractivity contribution in [3.63, 3.8) is 0 Å². The number of piperidine rings is 1. The van der Waals surface area contributed by atoms with Crippen molar-refractivity contribution < 1.29 is 19.4 Å². The summed E-state index contributed by atoms with van der Waals surface area (Å²) >= 11 is 0. The Morgan fingerprint density at radius 3 is 2.08 bits per heavy atom. The van der Waals surface area contributed by atoms with E-state index in [-0.39, 0.29) is 18.0 Å². The maximum Gasteiger partial charge on any atom is 0.310 e. The number of aryl methyl sites for hydroxylation is 1. The molecule has 1 fully saturated rings. The van der Waals surface area contributed by atoms with Gasteiger partial charge in [-0.2, -0.15) is 0 Å². The molecule has 0 radical (unpaired) electrons. The number of carbonyl (C=O) groups is 2. The van der Waals surface area contributed by atoms with E-state index in [0.29, 0.717) is 12.0 Å². The molecule has 3 aromatic carbocycles. The molecule has 3 aromatic rings. The van der Waals surface area contributed by atoms with Crippen molar-refractivity contribution >= 4 is 11.8 Å². The molecule has 1 aliphatic heterocycles. The van der Waals surface area contributed by atoms with Crippen LogP contribution in [0.1, 0.15) is 77.2 Å². The lowest BCUT2D eigenvalue weighted by Crippen LogP contribution is -2.38. The Kier molecular flexibility index (Phi) is 9.26. The van der Waals surface area contributed by atoms with Crippen LogP contribution in [0.3, 0.4) is 0 Å². The van der Waals surface area contributed by atoms with Gasteiger partial charge < -0.3 is 14.7 Å². The largest absolute Gasteiger partial charge is 0.481 e. The molecule has 5 heteroatoms. The minimum Gasteiger partial charge on any atom is -0.481 e. The molecule has 1 aliphatic rings. The van der Waals surface area contributed by atoms with Crippen LogP contribution in [-0.4, -0.2) is 47.5 Å². The maximum atomic E-state index is 12.7. The Morgan fingerprint density at radius 1 is 0.946 bits per heavy atom. The SMILES string of the molecule is Cc1cc(C(=O)CCCN2CCC(OC(c3ccccc3)c3ccccc3)CC2)ccc1[C@H](C)C(=O)O. The van der Waals surface area contributed by atoms with Crippen LogP contribution in [0.4, 0.5) is 0 Å². The van der Waals surface area contributed by atoms with E-state index in [1.54, 1.807) is 19.1 Å². The Labute approximate surface area is 220 Å². The van der Waals surface area contributed by atoms with Gasteiger partial charge in [0.05, 0.1) is 12.0 Å². The van der Waals surface area contributed by atoms with Gasteiger partial charge in [0.1, 0.15) is 6.10 Å². The first-order chi connectivity index (χ1) is 17.9. The average Bonchev–Trinajstić information content (AvgIpc) is 2.93. The standard InChI is InChI=1S/C32H37NO4/c1-23-22-27(15-16-29(23)24(2)32(35)36)30(34)14-9-19-33-20-17-28(18-21-33)37-31(25-10-5-3-6-11-25)26-12-7-4-8-13-26/h3-8,10-13,15-16,22,24,28,31H,9,14,17-21H2,1-2H3,(H,35,36)/t24-/m0/s1. The summed E-state index contributed by atoms with van der Waals surface area (Å²) in [6.45, 7) is 6.38. The summed E-state index contributed by atoms with van der Waals surface area (Å²) in [5, 5.41) is 9.26. The van der Waals surface area contributed by atoms with E-state index in [1.807, 2.05) is 25.1 Å². The van der Waals surface area contributed by atoms with Gasteiger partial charge in [-0.05, 0) is 68.0 Å². The van der Waals surface area contributed by atoms with E-state index in [1.165, 1.54) is 11.1 Å². The normalized spacial score (nSPS) is 15.5. The van der Waals surface area contributed by atoms with E-state index < -0.39 is 11.9 Å². The molecule has 0 unspecified atom stereocenters. The first-order valence-corrected chi connectivity index (χ1v) is 13.3. The van der Waals surface area contributed by atoms with Gasteiger partial charge in [0.2, 0.25) is 0 Å². The number of carbonyl (C=O) groups excluding carboxylic acids is 1. The van der Waals surface area contributed by atoms with Crippen molar-refractivity contribution in [2.24, 2.45) is 0 Å². The fourth-order valence-corrected chi connectivity index (χ4v) is 5.14. The first kappa shape index (κ1) is 26.8. The van der Waals surface area contributed by atoms with E-state index in [0.717, 1.165) is 50.0 Å². The van der Waals surface area contributed by atoms with Gasteiger partial charge in [-0.3, -0.25) is 9.59 Å². The van der Waals surface area contributed by atoms with E-state index >= 15 is 0 Å².